The van der Waals surface area contributed by atoms with E-state index in [9.17, 15) is 10.1 Å². The highest BCUT2D eigenvalue weighted by atomic mass is 16.6. The zero-order valence-electron chi connectivity index (χ0n) is 11.6. The molecule has 2 aromatic rings. The van der Waals surface area contributed by atoms with Gasteiger partial charge in [0.25, 0.3) is 5.69 Å². The van der Waals surface area contributed by atoms with Gasteiger partial charge in [-0.3, -0.25) is 10.1 Å². The fourth-order valence-corrected chi connectivity index (χ4v) is 2.01. The maximum Gasteiger partial charge on any atom is 0.269 e. The van der Waals surface area contributed by atoms with E-state index >= 15 is 0 Å². The van der Waals surface area contributed by atoms with Gasteiger partial charge in [-0.05, 0) is 23.1 Å². The normalized spacial score (nSPS) is 10.6. The second kappa shape index (κ2) is 6.19. The summed E-state index contributed by atoms with van der Waals surface area (Å²) in [5.41, 5.74) is 2.01. The van der Waals surface area contributed by atoms with Crippen LogP contribution in [0.1, 0.15) is 30.9 Å². The number of rotatable bonds is 5. The van der Waals surface area contributed by atoms with E-state index in [1.165, 1.54) is 12.1 Å². The zero-order chi connectivity index (χ0) is 14.5. The number of hydrogen-bond acceptors (Lipinski definition) is 3. The van der Waals surface area contributed by atoms with Crippen molar-refractivity contribution in [3.05, 3.63) is 69.8 Å². The fraction of sp³-hybridized carbons (Fsp3) is 0.250. The molecule has 20 heavy (non-hydrogen) atoms. The van der Waals surface area contributed by atoms with E-state index < -0.39 is 4.92 Å². The van der Waals surface area contributed by atoms with Crippen molar-refractivity contribution in [2.45, 2.75) is 26.4 Å². The fourth-order valence-electron chi connectivity index (χ4n) is 2.01. The lowest BCUT2D eigenvalue weighted by Gasteiger charge is -2.13. The highest BCUT2D eigenvalue weighted by Crippen LogP contribution is 2.26. The van der Waals surface area contributed by atoms with E-state index in [1.807, 2.05) is 30.3 Å². The van der Waals surface area contributed by atoms with E-state index in [0.29, 0.717) is 12.5 Å². The maximum atomic E-state index is 10.7. The summed E-state index contributed by atoms with van der Waals surface area (Å²) in [6, 6.07) is 14.4. The molecule has 0 saturated carbocycles. The van der Waals surface area contributed by atoms with E-state index in [-0.39, 0.29) is 5.69 Å². The Morgan fingerprint density at radius 3 is 2.60 bits per heavy atom. The Balaban J connectivity index is 2.13. The molecular weight excluding hydrogens is 254 g/mol. The van der Waals surface area contributed by atoms with E-state index in [0.717, 1.165) is 16.9 Å². The Labute approximate surface area is 118 Å². The van der Waals surface area contributed by atoms with Gasteiger partial charge in [0.05, 0.1) is 4.92 Å². The van der Waals surface area contributed by atoms with Crippen molar-refractivity contribution in [2.75, 3.05) is 0 Å². The number of ether oxygens (including phenoxy) is 1. The zero-order valence-corrected chi connectivity index (χ0v) is 11.6. The van der Waals surface area contributed by atoms with Crippen LogP contribution in [0.2, 0.25) is 0 Å². The monoisotopic (exact) mass is 271 g/mol. The summed E-state index contributed by atoms with van der Waals surface area (Å²) >= 11 is 0. The molecule has 0 aliphatic heterocycles. The quantitative estimate of drug-likeness (QED) is 0.602. The van der Waals surface area contributed by atoms with Crippen LogP contribution < -0.4 is 4.74 Å². The number of nitrogens with zero attached hydrogens (tertiary/aromatic N) is 1. The summed E-state index contributed by atoms with van der Waals surface area (Å²) in [5.74, 6) is 1.20. The van der Waals surface area contributed by atoms with Crippen LogP contribution in [0.25, 0.3) is 0 Å². The van der Waals surface area contributed by atoms with Crippen LogP contribution >= 0.6 is 0 Å². The highest BCUT2D eigenvalue weighted by Gasteiger charge is 2.09. The average Bonchev–Trinajstić information content (AvgIpc) is 2.45. The largest absolute Gasteiger partial charge is 0.489 e. The first-order chi connectivity index (χ1) is 9.58. The number of nitro benzene ring substituents is 1. The number of non-ortho nitro benzene ring substituents is 1. The minimum atomic E-state index is -0.397. The molecule has 2 aromatic carbocycles. The molecule has 0 spiro atoms. The summed E-state index contributed by atoms with van der Waals surface area (Å²) in [6.45, 7) is 4.54. The standard InChI is InChI=1S/C16H17NO3/c1-12(2)15-8-3-4-9-16(15)20-11-13-6-5-7-14(10-13)17(18)19/h3-10,12H,11H2,1-2H3. The third-order valence-corrected chi connectivity index (χ3v) is 3.06. The number of hydrogen-bond donors (Lipinski definition) is 0. The van der Waals surface area contributed by atoms with Crippen molar-refractivity contribution in [3.8, 4) is 5.75 Å². The van der Waals surface area contributed by atoms with Gasteiger partial charge in [0.15, 0.2) is 0 Å². The van der Waals surface area contributed by atoms with E-state index in [1.54, 1.807) is 6.07 Å². The van der Waals surface area contributed by atoms with Crippen LogP contribution in [-0.2, 0) is 6.61 Å². The molecule has 0 atom stereocenters. The molecule has 2 rings (SSSR count). The third-order valence-electron chi connectivity index (χ3n) is 3.06. The summed E-state index contributed by atoms with van der Waals surface area (Å²) in [5, 5.41) is 10.7. The molecule has 0 aliphatic rings. The van der Waals surface area contributed by atoms with Crippen LogP contribution in [0.5, 0.6) is 5.75 Å². The molecule has 0 N–H and O–H groups in total. The Morgan fingerprint density at radius 1 is 1.15 bits per heavy atom. The second-order valence-electron chi connectivity index (χ2n) is 4.91. The van der Waals surface area contributed by atoms with Crippen molar-refractivity contribution in [1.82, 2.24) is 0 Å². The van der Waals surface area contributed by atoms with Crippen molar-refractivity contribution in [3.63, 3.8) is 0 Å². The van der Waals surface area contributed by atoms with Crippen molar-refractivity contribution >= 4 is 5.69 Å². The molecule has 4 nitrogen and oxygen atoms in total. The van der Waals surface area contributed by atoms with Crippen LogP contribution in [0.3, 0.4) is 0 Å². The molecule has 0 aliphatic carbocycles. The minimum Gasteiger partial charge on any atom is -0.489 e. The van der Waals surface area contributed by atoms with Gasteiger partial charge < -0.3 is 4.74 Å². The van der Waals surface area contributed by atoms with Crippen LogP contribution in [-0.4, -0.2) is 4.92 Å². The molecule has 0 heterocycles. The SMILES string of the molecule is CC(C)c1ccccc1OCc1cccc([N+](=O)[O-])c1. The number of nitro groups is 1. The Morgan fingerprint density at radius 2 is 1.90 bits per heavy atom. The summed E-state index contributed by atoms with van der Waals surface area (Å²) < 4.78 is 5.80. The van der Waals surface area contributed by atoms with Gasteiger partial charge >= 0.3 is 0 Å². The molecule has 0 amide bonds. The van der Waals surface area contributed by atoms with E-state index in [2.05, 4.69) is 13.8 Å². The average molecular weight is 271 g/mol. The van der Waals surface area contributed by atoms with Gasteiger partial charge in [-0.15, -0.1) is 0 Å². The molecule has 104 valence electrons. The Bertz CT molecular complexity index is 608. The lowest BCUT2D eigenvalue weighted by molar-refractivity contribution is -0.384. The van der Waals surface area contributed by atoms with Crippen LogP contribution in [0.15, 0.2) is 48.5 Å². The highest BCUT2D eigenvalue weighted by molar-refractivity contribution is 5.37. The molecular formula is C16H17NO3. The Hall–Kier alpha value is -2.36. The first kappa shape index (κ1) is 14.1. The molecule has 0 bridgehead atoms. The predicted octanol–water partition coefficient (Wildman–Crippen LogP) is 4.30. The van der Waals surface area contributed by atoms with Gasteiger partial charge in [0.1, 0.15) is 12.4 Å². The lowest BCUT2D eigenvalue weighted by Crippen LogP contribution is -2.00. The molecule has 0 saturated heterocycles. The van der Waals surface area contributed by atoms with E-state index in [4.69, 9.17) is 4.74 Å². The van der Waals surface area contributed by atoms with Gasteiger partial charge in [-0.1, -0.05) is 44.2 Å². The van der Waals surface area contributed by atoms with Gasteiger partial charge in [0.2, 0.25) is 0 Å². The molecule has 0 aromatic heterocycles. The maximum absolute atomic E-state index is 10.7. The van der Waals surface area contributed by atoms with Gasteiger partial charge in [-0.25, -0.2) is 0 Å². The Kier molecular flexibility index (Phi) is 4.35. The lowest BCUT2D eigenvalue weighted by atomic mass is 10.0. The molecule has 0 radical (unpaired) electrons. The van der Waals surface area contributed by atoms with Crippen molar-refractivity contribution in [2.24, 2.45) is 0 Å². The number of para-hydroxylation sites is 1. The molecule has 0 fully saturated rings. The first-order valence-electron chi connectivity index (χ1n) is 6.53. The minimum absolute atomic E-state index is 0.0863. The first-order valence-corrected chi connectivity index (χ1v) is 6.53. The van der Waals surface area contributed by atoms with Crippen molar-refractivity contribution < 1.29 is 9.66 Å². The topological polar surface area (TPSA) is 52.4 Å². The number of benzene rings is 2. The second-order valence-corrected chi connectivity index (χ2v) is 4.91. The third kappa shape index (κ3) is 3.35. The predicted molar refractivity (Wildman–Crippen MR) is 78.0 cm³/mol. The van der Waals surface area contributed by atoms with Crippen molar-refractivity contribution in [1.29, 1.82) is 0 Å². The molecule has 0 unspecified atom stereocenters. The van der Waals surface area contributed by atoms with Gasteiger partial charge in [0, 0.05) is 12.1 Å². The van der Waals surface area contributed by atoms with Crippen LogP contribution in [0.4, 0.5) is 5.69 Å². The smallest absolute Gasteiger partial charge is 0.269 e. The summed E-state index contributed by atoms with van der Waals surface area (Å²) in [6.07, 6.45) is 0. The van der Waals surface area contributed by atoms with Crippen LogP contribution in [0, 0.1) is 10.1 Å². The van der Waals surface area contributed by atoms with Gasteiger partial charge in [-0.2, -0.15) is 0 Å². The molecule has 4 heteroatoms. The summed E-state index contributed by atoms with van der Waals surface area (Å²) in [4.78, 5) is 10.3. The summed E-state index contributed by atoms with van der Waals surface area (Å²) in [7, 11) is 0.